The van der Waals surface area contributed by atoms with Gasteiger partial charge in [-0.15, -0.1) is 0 Å². The third-order valence-corrected chi connectivity index (χ3v) is 5.23. The molecule has 0 radical (unpaired) electrons. The molecule has 158 valence electrons. The monoisotopic (exact) mass is 429 g/mol. The minimum absolute atomic E-state index is 0.0185. The fraction of sp³-hybridized carbons (Fsp3) is 0.0357. The van der Waals surface area contributed by atoms with Crippen LogP contribution in [0.4, 0.5) is 0 Å². The maximum Gasteiger partial charge on any atom is 0.337 e. The molecule has 0 unspecified atom stereocenters. The predicted molar refractivity (Wildman–Crippen MR) is 127 cm³/mol. The van der Waals surface area contributed by atoms with Crippen molar-refractivity contribution in [2.75, 3.05) is 7.11 Å². The number of aromatic nitrogens is 1. The van der Waals surface area contributed by atoms with E-state index in [4.69, 9.17) is 4.74 Å². The van der Waals surface area contributed by atoms with E-state index in [9.17, 15) is 15.3 Å². The number of benzene rings is 3. The first kappa shape index (κ1) is 21.4. The Hall–Kier alpha value is -4.87. The van der Waals surface area contributed by atoms with Crippen molar-refractivity contribution in [1.82, 2.24) is 4.57 Å². The highest BCUT2D eigenvalue weighted by molar-refractivity contribution is 5.90. The first-order valence-corrected chi connectivity index (χ1v) is 10.2. The fourth-order valence-corrected chi connectivity index (χ4v) is 3.73. The summed E-state index contributed by atoms with van der Waals surface area (Å²) < 4.78 is 6.90. The summed E-state index contributed by atoms with van der Waals surface area (Å²) in [6, 6.07) is 32.7. The van der Waals surface area contributed by atoms with E-state index in [0.717, 1.165) is 33.8 Å². The Labute approximate surface area is 192 Å². The molecule has 3 aromatic carbocycles. The summed E-state index contributed by atoms with van der Waals surface area (Å²) in [6.07, 6.45) is 1.61. The molecule has 4 rings (SSSR count). The maximum atomic E-state index is 11.9. The minimum atomic E-state index is -0.406. The molecule has 0 bridgehead atoms. The fourth-order valence-electron chi connectivity index (χ4n) is 3.73. The van der Waals surface area contributed by atoms with Crippen LogP contribution in [0.3, 0.4) is 0 Å². The highest BCUT2D eigenvalue weighted by Crippen LogP contribution is 2.37. The van der Waals surface area contributed by atoms with Crippen LogP contribution in [0.5, 0.6) is 0 Å². The predicted octanol–water partition coefficient (Wildman–Crippen LogP) is 6.03. The average Bonchev–Trinajstić information content (AvgIpc) is 3.27. The van der Waals surface area contributed by atoms with Crippen molar-refractivity contribution in [3.8, 4) is 40.3 Å². The molecular weight excluding hydrogens is 410 g/mol. The van der Waals surface area contributed by atoms with E-state index in [1.165, 1.54) is 7.11 Å². The molecule has 1 heterocycles. The van der Waals surface area contributed by atoms with E-state index in [2.05, 4.69) is 4.57 Å². The van der Waals surface area contributed by atoms with Gasteiger partial charge in [0.1, 0.15) is 17.7 Å². The number of nitrogens with zero attached hydrogens (tertiary/aromatic N) is 3. The summed E-state index contributed by atoms with van der Waals surface area (Å²) in [4.78, 5) is 11.9. The van der Waals surface area contributed by atoms with E-state index in [-0.39, 0.29) is 5.57 Å². The molecule has 0 fully saturated rings. The third-order valence-electron chi connectivity index (χ3n) is 5.23. The number of ether oxygens (including phenoxy) is 1. The van der Waals surface area contributed by atoms with Crippen molar-refractivity contribution in [3.63, 3.8) is 0 Å². The Balaban J connectivity index is 2.05. The molecule has 0 N–H and O–H groups in total. The number of carbonyl (C=O) groups is 1. The lowest BCUT2D eigenvalue weighted by Crippen LogP contribution is -2.03. The van der Waals surface area contributed by atoms with Crippen molar-refractivity contribution in [3.05, 3.63) is 108 Å². The summed E-state index contributed by atoms with van der Waals surface area (Å²) in [7, 11) is 1.35. The Bertz CT molecular complexity index is 1390. The Kier molecular flexibility index (Phi) is 6.16. The van der Waals surface area contributed by atoms with Crippen LogP contribution in [0.2, 0.25) is 0 Å². The third kappa shape index (κ3) is 4.30. The standard InChI is InChI=1S/C28H19N3O2/c1-33-28(32)23-12-14-25(15-13-23)31-26(21-8-4-2-5-9-21)17-24(16-20(18-29)19-30)27(31)22-10-6-3-7-11-22/h2-17H,1H3. The van der Waals surface area contributed by atoms with Crippen LogP contribution in [-0.4, -0.2) is 17.6 Å². The number of hydrogen-bond donors (Lipinski definition) is 0. The molecule has 0 aliphatic heterocycles. The number of hydrogen-bond acceptors (Lipinski definition) is 4. The molecule has 5 heteroatoms. The van der Waals surface area contributed by atoms with Crippen LogP contribution >= 0.6 is 0 Å². The summed E-state index contributed by atoms with van der Waals surface area (Å²) in [5.41, 5.74) is 5.67. The molecule has 0 saturated carbocycles. The second kappa shape index (κ2) is 9.51. The minimum Gasteiger partial charge on any atom is -0.465 e. The van der Waals surface area contributed by atoms with Gasteiger partial charge in [-0.1, -0.05) is 60.7 Å². The summed E-state index contributed by atoms with van der Waals surface area (Å²) >= 11 is 0. The van der Waals surface area contributed by atoms with Crippen LogP contribution in [0, 0.1) is 22.7 Å². The number of esters is 1. The summed E-state index contributed by atoms with van der Waals surface area (Å²) in [5, 5.41) is 18.7. The zero-order chi connectivity index (χ0) is 23.2. The molecule has 5 nitrogen and oxygen atoms in total. The number of nitriles is 2. The van der Waals surface area contributed by atoms with Crippen molar-refractivity contribution >= 4 is 12.0 Å². The van der Waals surface area contributed by atoms with Crippen molar-refractivity contribution < 1.29 is 9.53 Å². The maximum absolute atomic E-state index is 11.9. The van der Waals surface area contributed by atoms with Gasteiger partial charge in [0.2, 0.25) is 0 Å². The average molecular weight is 429 g/mol. The van der Waals surface area contributed by atoms with Crippen molar-refractivity contribution in [2.24, 2.45) is 0 Å². The second-order valence-corrected chi connectivity index (χ2v) is 7.22. The molecule has 4 aromatic rings. The zero-order valence-corrected chi connectivity index (χ0v) is 17.9. The number of rotatable bonds is 5. The molecule has 0 spiro atoms. The SMILES string of the molecule is COC(=O)c1ccc(-n2c(-c3ccccc3)cc(C=C(C#N)C#N)c2-c2ccccc2)cc1. The van der Waals surface area contributed by atoms with Gasteiger partial charge in [-0.2, -0.15) is 10.5 Å². The molecule has 0 atom stereocenters. The number of carbonyl (C=O) groups excluding carboxylic acids is 1. The quantitative estimate of drug-likeness (QED) is 0.287. The van der Waals surface area contributed by atoms with Gasteiger partial charge in [0.05, 0.1) is 24.1 Å². The Morgan fingerprint density at radius 3 is 1.97 bits per heavy atom. The van der Waals surface area contributed by atoms with E-state index < -0.39 is 5.97 Å². The highest BCUT2D eigenvalue weighted by Gasteiger charge is 2.19. The smallest absolute Gasteiger partial charge is 0.337 e. The molecule has 0 aliphatic rings. The molecule has 33 heavy (non-hydrogen) atoms. The number of allylic oxidation sites excluding steroid dienone is 1. The largest absolute Gasteiger partial charge is 0.465 e. The molecule has 0 aliphatic carbocycles. The van der Waals surface area contributed by atoms with E-state index >= 15 is 0 Å². The van der Waals surface area contributed by atoms with E-state index in [1.54, 1.807) is 18.2 Å². The van der Waals surface area contributed by atoms with Gasteiger partial charge in [0.15, 0.2) is 0 Å². The van der Waals surface area contributed by atoms with Crippen LogP contribution in [0.25, 0.3) is 34.3 Å². The van der Waals surface area contributed by atoms with Gasteiger partial charge < -0.3 is 9.30 Å². The topological polar surface area (TPSA) is 78.8 Å². The molecule has 0 saturated heterocycles. The highest BCUT2D eigenvalue weighted by atomic mass is 16.5. The molecule has 0 amide bonds. The normalized spacial score (nSPS) is 10.0. The molecule has 1 aromatic heterocycles. The van der Waals surface area contributed by atoms with Gasteiger partial charge in [0.25, 0.3) is 0 Å². The Morgan fingerprint density at radius 1 is 0.848 bits per heavy atom. The van der Waals surface area contributed by atoms with Crippen molar-refractivity contribution in [2.45, 2.75) is 0 Å². The van der Waals surface area contributed by atoms with Crippen LogP contribution in [0.1, 0.15) is 15.9 Å². The summed E-state index contributed by atoms with van der Waals surface area (Å²) in [5.74, 6) is -0.406. The molecular formula is C28H19N3O2. The second-order valence-electron chi connectivity index (χ2n) is 7.22. The van der Waals surface area contributed by atoms with E-state index in [1.807, 2.05) is 91.0 Å². The van der Waals surface area contributed by atoms with Gasteiger partial charge in [-0.05, 0) is 47.5 Å². The van der Waals surface area contributed by atoms with E-state index in [0.29, 0.717) is 5.56 Å². The lowest BCUT2D eigenvalue weighted by atomic mass is 10.1. The first-order chi connectivity index (χ1) is 16.2. The van der Waals surface area contributed by atoms with Crippen LogP contribution in [0.15, 0.2) is 96.6 Å². The summed E-state index contributed by atoms with van der Waals surface area (Å²) in [6.45, 7) is 0. The van der Waals surface area contributed by atoms with Crippen LogP contribution < -0.4 is 0 Å². The lowest BCUT2D eigenvalue weighted by Gasteiger charge is -2.15. The lowest BCUT2D eigenvalue weighted by molar-refractivity contribution is 0.0600. The van der Waals surface area contributed by atoms with Gasteiger partial charge >= 0.3 is 5.97 Å². The number of methoxy groups -OCH3 is 1. The van der Waals surface area contributed by atoms with Gasteiger partial charge in [-0.3, -0.25) is 0 Å². The van der Waals surface area contributed by atoms with Crippen molar-refractivity contribution in [1.29, 1.82) is 10.5 Å². The zero-order valence-electron chi connectivity index (χ0n) is 17.9. The van der Waals surface area contributed by atoms with Gasteiger partial charge in [0, 0.05) is 11.3 Å². The van der Waals surface area contributed by atoms with Gasteiger partial charge in [-0.25, -0.2) is 4.79 Å². The first-order valence-electron chi connectivity index (χ1n) is 10.2. The van der Waals surface area contributed by atoms with Crippen LogP contribution in [-0.2, 0) is 4.74 Å². The Morgan fingerprint density at radius 2 is 1.42 bits per heavy atom.